The lowest BCUT2D eigenvalue weighted by atomic mass is 10.2. The number of rotatable bonds is 2. The van der Waals surface area contributed by atoms with Crippen molar-refractivity contribution >= 4 is 23.5 Å². The molecule has 1 unspecified atom stereocenters. The minimum atomic E-state index is -0.0355. The summed E-state index contributed by atoms with van der Waals surface area (Å²) in [7, 11) is 1.83. The normalized spacial score (nSPS) is 20.5. The van der Waals surface area contributed by atoms with Gasteiger partial charge in [-0.3, -0.25) is 9.89 Å². The summed E-state index contributed by atoms with van der Waals surface area (Å²) in [5.41, 5.74) is 5.92. The predicted octanol–water partition coefficient (Wildman–Crippen LogP) is 0.569. The van der Waals surface area contributed by atoms with Crippen LogP contribution in [0.5, 0.6) is 0 Å². The molecule has 15 heavy (non-hydrogen) atoms. The van der Waals surface area contributed by atoms with Gasteiger partial charge in [0.2, 0.25) is 0 Å². The van der Waals surface area contributed by atoms with E-state index >= 15 is 0 Å². The Morgan fingerprint density at radius 2 is 2.60 bits per heavy atom. The van der Waals surface area contributed by atoms with Crippen LogP contribution >= 0.6 is 11.8 Å². The molecule has 82 valence electrons. The lowest BCUT2D eigenvalue weighted by Gasteiger charge is -2.22. The van der Waals surface area contributed by atoms with Gasteiger partial charge in [-0.2, -0.15) is 16.9 Å². The van der Waals surface area contributed by atoms with E-state index in [4.69, 9.17) is 5.73 Å². The van der Waals surface area contributed by atoms with Crippen molar-refractivity contribution in [3.8, 4) is 0 Å². The monoisotopic (exact) mass is 226 g/mol. The molecule has 1 amide bonds. The van der Waals surface area contributed by atoms with Gasteiger partial charge in [0, 0.05) is 24.9 Å². The molecular formula is C9H14N4OS. The molecule has 1 aromatic rings. The van der Waals surface area contributed by atoms with Crippen LogP contribution in [0.15, 0.2) is 6.07 Å². The minimum absolute atomic E-state index is 0.0355. The van der Waals surface area contributed by atoms with E-state index in [1.54, 1.807) is 11.0 Å². The van der Waals surface area contributed by atoms with Gasteiger partial charge < -0.3 is 10.6 Å². The number of nitrogen functional groups attached to an aromatic ring is 1. The number of carbonyl (C=O) groups excluding carboxylic acids is 1. The fraction of sp³-hybridized carbons (Fsp3) is 0.556. The molecule has 1 saturated heterocycles. The predicted molar refractivity (Wildman–Crippen MR) is 60.8 cm³/mol. The number of nitrogens with zero attached hydrogens (tertiary/aromatic N) is 2. The maximum atomic E-state index is 11.9. The van der Waals surface area contributed by atoms with Crippen molar-refractivity contribution in [3.05, 3.63) is 11.8 Å². The number of nitrogens with one attached hydrogen (secondary N) is 1. The number of aromatic nitrogens is 2. The number of nitrogens with two attached hydrogens (primary N) is 1. The second-order valence-corrected chi connectivity index (χ2v) is 4.79. The molecule has 0 radical (unpaired) electrons. The lowest BCUT2D eigenvalue weighted by molar-refractivity contribution is 0.0742. The van der Waals surface area contributed by atoms with Crippen LogP contribution in [0.1, 0.15) is 16.9 Å². The molecule has 0 spiro atoms. The van der Waals surface area contributed by atoms with E-state index in [0.29, 0.717) is 17.6 Å². The van der Waals surface area contributed by atoms with E-state index in [9.17, 15) is 4.79 Å². The number of hydrogen-bond acceptors (Lipinski definition) is 4. The van der Waals surface area contributed by atoms with Crippen LogP contribution < -0.4 is 5.73 Å². The van der Waals surface area contributed by atoms with Crippen molar-refractivity contribution < 1.29 is 4.79 Å². The summed E-state index contributed by atoms with van der Waals surface area (Å²) in [6.45, 7) is 0. The molecule has 0 aliphatic carbocycles. The van der Waals surface area contributed by atoms with Crippen LogP contribution in [0.2, 0.25) is 0 Å². The molecule has 6 heteroatoms. The molecule has 0 bridgehead atoms. The third-order valence-electron chi connectivity index (χ3n) is 2.60. The van der Waals surface area contributed by atoms with Gasteiger partial charge in [0.1, 0.15) is 11.5 Å². The maximum Gasteiger partial charge on any atom is 0.271 e. The van der Waals surface area contributed by atoms with Gasteiger partial charge in [-0.1, -0.05) is 0 Å². The summed E-state index contributed by atoms with van der Waals surface area (Å²) in [5, 5.41) is 6.38. The van der Waals surface area contributed by atoms with Crippen LogP contribution in [0.3, 0.4) is 0 Å². The number of H-pyrrole nitrogens is 1. The topological polar surface area (TPSA) is 75.0 Å². The van der Waals surface area contributed by atoms with Crippen LogP contribution in [-0.4, -0.2) is 45.6 Å². The summed E-state index contributed by atoms with van der Waals surface area (Å²) in [4.78, 5) is 13.7. The van der Waals surface area contributed by atoms with Gasteiger partial charge in [-0.15, -0.1) is 0 Å². The van der Waals surface area contributed by atoms with Crippen molar-refractivity contribution in [2.75, 3.05) is 24.3 Å². The number of anilines is 1. The number of hydrogen-bond donors (Lipinski definition) is 2. The van der Waals surface area contributed by atoms with Gasteiger partial charge in [-0.05, 0) is 12.2 Å². The lowest BCUT2D eigenvalue weighted by Crippen LogP contribution is -2.37. The fourth-order valence-corrected chi connectivity index (χ4v) is 2.90. The van der Waals surface area contributed by atoms with E-state index in [0.717, 1.165) is 17.9 Å². The molecule has 5 nitrogen and oxygen atoms in total. The summed E-state index contributed by atoms with van der Waals surface area (Å²) in [5.74, 6) is 2.47. The van der Waals surface area contributed by atoms with E-state index in [1.807, 2.05) is 18.8 Å². The molecule has 1 fully saturated rings. The zero-order valence-electron chi connectivity index (χ0n) is 8.56. The Hall–Kier alpha value is -1.17. The van der Waals surface area contributed by atoms with Crippen molar-refractivity contribution in [1.29, 1.82) is 0 Å². The van der Waals surface area contributed by atoms with Gasteiger partial charge >= 0.3 is 0 Å². The summed E-state index contributed by atoms with van der Waals surface area (Å²) >= 11 is 1.88. The first kappa shape index (κ1) is 10.4. The first-order valence-corrected chi connectivity index (χ1v) is 5.99. The largest absolute Gasteiger partial charge is 0.382 e. The zero-order chi connectivity index (χ0) is 10.8. The van der Waals surface area contributed by atoms with Crippen molar-refractivity contribution in [2.45, 2.75) is 12.5 Å². The molecule has 1 aliphatic heterocycles. The Morgan fingerprint density at radius 1 is 1.80 bits per heavy atom. The highest BCUT2D eigenvalue weighted by atomic mass is 32.2. The smallest absolute Gasteiger partial charge is 0.271 e. The highest BCUT2D eigenvalue weighted by Gasteiger charge is 2.25. The molecule has 2 rings (SSSR count). The van der Waals surface area contributed by atoms with Crippen LogP contribution in [0.25, 0.3) is 0 Å². The molecule has 0 saturated carbocycles. The molecule has 0 aromatic carbocycles. The molecule has 1 atom stereocenters. The quantitative estimate of drug-likeness (QED) is 0.773. The average Bonchev–Trinajstić information content (AvgIpc) is 2.85. The van der Waals surface area contributed by atoms with E-state index in [1.165, 1.54) is 0 Å². The van der Waals surface area contributed by atoms with Gasteiger partial charge in [0.15, 0.2) is 0 Å². The van der Waals surface area contributed by atoms with Crippen LogP contribution in [-0.2, 0) is 0 Å². The van der Waals surface area contributed by atoms with Gasteiger partial charge in [0.05, 0.1) is 0 Å². The van der Waals surface area contributed by atoms with Gasteiger partial charge in [0.25, 0.3) is 5.91 Å². The average molecular weight is 226 g/mol. The first-order chi connectivity index (χ1) is 7.18. The Balaban J connectivity index is 2.06. The highest BCUT2D eigenvalue weighted by Crippen LogP contribution is 2.22. The molecule has 3 N–H and O–H groups in total. The Bertz CT molecular complexity index is 359. The number of aromatic amines is 1. The van der Waals surface area contributed by atoms with Crippen molar-refractivity contribution in [2.24, 2.45) is 0 Å². The second kappa shape index (κ2) is 4.14. The Morgan fingerprint density at radius 3 is 3.13 bits per heavy atom. The number of thioether (sulfide) groups is 1. The van der Waals surface area contributed by atoms with Crippen LogP contribution in [0.4, 0.5) is 5.82 Å². The Labute approximate surface area is 92.4 Å². The number of amides is 1. The molecule has 2 heterocycles. The second-order valence-electron chi connectivity index (χ2n) is 3.64. The van der Waals surface area contributed by atoms with Crippen molar-refractivity contribution in [3.63, 3.8) is 0 Å². The third-order valence-corrected chi connectivity index (χ3v) is 3.75. The summed E-state index contributed by atoms with van der Waals surface area (Å²) < 4.78 is 0. The zero-order valence-corrected chi connectivity index (χ0v) is 9.38. The maximum absolute atomic E-state index is 11.9. The SMILES string of the molecule is CN(C(=O)c1cc(N)n[nH]1)C1CCSC1. The highest BCUT2D eigenvalue weighted by molar-refractivity contribution is 7.99. The fourth-order valence-electron chi connectivity index (χ4n) is 1.63. The number of carbonyl (C=O) groups is 1. The molecule has 1 aromatic heterocycles. The van der Waals surface area contributed by atoms with E-state index in [-0.39, 0.29) is 5.91 Å². The molecule has 1 aliphatic rings. The van der Waals surface area contributed by atoms with Crippen LogP contribution in [0, 0.1) is 0 Å². The third kappa shape index (κ3) is 2.09. The summed E-state index contributed by atoms with van der Waals surface area (Å²) in [6, 6.07) is 1.91. The molecular weight excluding hydrogens is 212 g/mol. The van der Waals surface area contributed by atoms with Crippen molar-refractivity contribution in [1.82, 2.24) is 15.1 Å². The van der Waals surface area contributed by atoms with E-state index < -0.39 is 0 Å². The minimum Gasteiger partial charge on any atom is -0.382 e. The Kier molecular flexibility index (Phi) is 2.86. The summed E-state index contributed by atoms with van der Waals surface area (Å²) in [6.07, 6.45) is 1.07. The standard InChI is InChI=1S/C9H14N4OS/c1-13(6-2-3-15-5-6)9(14)7-4-8(10)12-11-7/h4,6H,2-3,5H2,1H3,(H3,10,11,12). The van der Waals surface area contributed by atoms with E-state index in [2.05, 4.69) is 10.2 Å². The first-order valence-electron chi connectivity index (χ1n) is 4.84. The van der Waals surface area contributed by atoms with Gasteiger partial charge in [-0.25, -0.2) is 0 Å².